The predicted octanol–water partition coefficient (Wildman–Crippen LogP) is 1.83. The molecule has 0 aliphatic rings. The van der Waals surface area contributed by atoms with Crippen molar-refractivity contribution in [1.82, 2.24) is 0 Å². The third-order valence-corrected chi connectivity index (χ3v) is 1.62. The van der Waals surface area contributed by atoms with E-state index in [1.54, 1.807) is 0 Å². The maximum Gasteiger partial charge on any atom is 0.293 e. The largest absolute Gasteiger partial charge is 0.295 e. The molecule has 8 heteroatoms. The van der Waals surface area contributed by atoms with Gasteiger partial charge in [0.1, 0.15) is 17.7 Å². The van der Waals surface area contributed by atoms with Gasteiger partial charge in [0.15, 0.2) is 20.6 Å². The lowest BCUT2D eigenvalue weighted by molar-refractivity contribution is -0.402. The summed E-state index contributed by atoms with van der Waals surface area (Å²) in [5.41, 5.74) is -0.346. The topological polar surface area (TPSA) is 75.3 Å². The minimum absolute atomic E-state index is 0.346. The van der Waals surface area contributed by atoms with Crippen LogP contribution in [0, 0.1) is 22.7 Å². The molecular formula is C9H9F3N2O3. The number of hydrogen-bond donors (Lipinski definition) is 0. The molecular weight excluding hydrogens is 241 g/mol. The Bertz CT molecular complexity index is 302. The van der Waals surface area contributed by atoms with Gasteiger partial charge in [-0.25, -0.2) is 13.2 Å². The number of nitrogens with zero attached hydrogens (tertiary/aromatic N) is 2. The van der Waals surface area contributed by atoms with E-state index >= 15 is 0 Å². The van der Waals surface area contributed by atoms with Crippen molar-refractivity contribution < 1.29 is 27.4 Å². The van der Waals surface area contributed by atoms with Gasteiger partial charge in [0.25, 0.3) is 5.97 Å². The van der Waals surface area contributed by atoms with E-state index in [2.05, 4.69) is 14.2 Å². The van der Waals surface area contributed by atoms with E-state index in [9.17, 15) is 13.2 Å². The van der Waals surface area contributed by atoms with E-state index < -0.39 is 33.0 Å². The first-order valence-corrected chi connectivity index (χ1v) is 4.28. The number of hydrogen-bond acceptors (Lipinski definition) is 5. The Balaban J connectivity index is 4.84. The lowest BCUT2D eigenvalue weighted by Crippen LogP contribution is -2.38. The first kappa shape index (κ1) is 15.4. The summed E-state index contributed by atoms with van der Waals surface area (Å²) in [4.78, 5) is 0. The third-order valence-electron chi connectivity index (χ3n) is 1.62. The monoisotopic (exact) mass is 250 g/mol. The SMILES string of the molecule is N#CC(C#N)=CCC(OCF)(OCF)OCF. The molecule has 94 valence electrons. The van der Waals surface area contributed by atoms with Gasteiger partial charge >= 0.3 is 0 Å². The van der Waals surface area contributed by atoms with Gasteiger partial charge in [0.05, 0.1) is 6.42 Å². The summed E-state index contributed by atoms with van der Waals surface area (Å²) in [6.07, 6.45) is 0.447. The van der Waals surface area contributed by atoms with Crippen LogP contribution in [-0.2, 0) is 14.2 Å². The van der Waals surface area contributed by atoms with E-state index in [1.165, 1.54) is 12.1 Å². The Morgan fingerprint density at radius 2 is 1.41 bits per heavy atom. The highest BCUT2D eigenvalue weighted by molar-refractivity contribution is 5.34. The fourth-order valence-electron chi connectivity index (χ4n) is 0.894. The van der Waals surface area contributed by atoms with Crippen LogP contribution in [0.15, 0.2) is 11.6 Å². The molecule has 0 heterocycles. The van der Waals surface area contributed by atoms with Crippen molar-refractivity contribution in [1.29, 1.82) is 10.5 Å². The van der Waals surface area contributed by atoms with Crippen molar-refractivity contribution in [3.05, 3.63) is 11.6 Å². The zero-order valence-corrected chi connectivity index (χ0v) is 8.66. The van der Waals surface area contributed by atoms with Crippen LogP contribution in [0.5, 0.6) is 0 Å². The van der Waals surface area contributed by atoms with Crippen molar-refractivity contribution in [2.45, 2.75) is 12.4 Å². The molecule has 0 aliphatic carbocycles. The molecule has 0 fully saturated rings. The van der Waals surface area contributed by atoms with Crippen LogP contribution < -0.4 is 0 Å². The van der Waals surface area contributed by atoms with Crippen LogP contribution in [0.1, 0.15) is 6.42 Å². The van der Waals surface area contributed by atoms with Gasteiger partial charge in [-0.2, -0.15) is 10.5 Å². The molecule has 0 atom stereocenters. The van der Waals surface area contributed by atoms with Gasteiger partial charge in [-0.05, 0) is 6.08 Å². The second-order valence-electron chi connectivity index (χ2n) is 2.49. The molecule has 0 saturated heterocycles. The van der Waals surface area contributed by atoms with Crippen LogP contribution in [0.3, 0.4) is 0 Å². The Morgan fingerprint density at radius 3 is 1.71 bits per heavy atom. The van der Waals surface area contributed by atoms with E-state index in [4.69, 9.17) is 10.5 Å². The van der Waals surface area contributed by atoms with Crippen LogP contribution in [0.2, 0.25) is 0 Å². The zero-order valence-electron chi connectivity index (χ0n) is 8.66. The average molecular weight is 250 g/mol. The molecule has 0 bridgehead atoms. The van der Waals surface area contributed by atoms with E-state index in [1.807, 2.05) is 0 Å². The van der Waals surface area contributed by atoms with Crippen molar-refractivity contribution in [3.63, 3.8) is 0 Å². The predicted molar refractivity (Wildman–Crippen MR) is 47.8 cm³/mol. The van der Waals surface area contributed by atoms with Crippen molar-refractivity contribution in [2.75, 3.05) is 20.6 Å². The molecule has 0 aromatic rings. The minimum atomic E-state index is -2.32. The molecule has 0 radical (unpaired) electrons. The molecule has 0 saturated carbocycles. The van der Waals surface area contributed by atoms with Crippen LogP contribution >= 0.6 is 0 Å². The van der Waals surface area contributed by atoms with E-state index in [-0.39, 0.29) is 5.57 Å². The summed E-state index contributed by atoms with van der Waals surface area (Å²) in [5, 5.41) is 16.9. The van der Waals surface area contributed by atoms with Gasteiger partial charge in [0, 0.05) is 0 Å². The van der Waals surface area contributed by atoms with Crippen LogP contribution in [0.25, 0.3) is 0 Å². The van der Waals surface area contributed by atoms with Gasteiger partial charge in [0.2, 0.25) is 0 Å². The summed E-state index contributed by atoms with van der Waals surface area (Å²) < 4.78 is 49.0. The summed E-state index contributed by atoms with van der Waals surface area (Å²) in [7, 11) is 0. The Kier molecular flexibility index (Phi) is 7.72. The highest BCUT2D eigenvalue weighted by Gasteiger charge is 2.33. The van der Waals surface area contributed by atoms with Gasteiger partial charge in [-0.1, -0.05) is 0 Å². The van der Waals surface area contributed by atoms with E-state index in [0.717, 1.165) is 6.08 Å². The number of rotatable bonds is 8. The molecule has 0 aromatic carbocycles. The van der Waals surface area contributed by atoms with Crippen molar-refractivity contribution in [3.8, 4) is 12.1 Å². The molecule has 0 aliphatic heterocycles. The van der Waals surface area contributed by atoms with E-state index in [0.29, 0.717) is 0 Å². The van der Waals surface area contributed by atoms with Crippen LogP contribution in [0.4, 0.5) is 13.2 Å². The standard InChI is InChI=1S/C9H9F3N2O3/c10-5-15-9(16-6-11,17-7-12)2-1-8(3-13)4-14/h1H,2,5-7H2. The fraction of sp³-hybridized carbons (Fsp3) is 0.556. The third kappa shape index (κ3) is 5.31. The first-order valence-electron chi connectivity index (χ1n) is 4.28. The van der Waals surface area contributed by atoms with Gasteiger partial charge in [-0.3, -0.25) is 14.2 Å². The maximum absolute atomic E-state index is 12.0. The molecule has 0 N–H and O–H groups in total. The highest BCUT2D eigenvalue weighted by Crippen LogP contribution is 2.22. The summed E-state index contributed by atoms with van der Waals surface area (Å²) >= 11 is 0. The average Bonchev–Trinajstić information content (AvgIpc) is 2.31. The quantitative estimate of drug-likeness (QED) is 0.485. The molecule has 5 nitrogen and oxygen atoms in total. The lowest BCUT2D eigenvalue weighted by Gasteiger charge is -2.28. The van der Waals surface area contributed by atoms with Crippen LogP contribution in [-0.4, -0.2) is 26.6 Å². The van der Waals surface area contributed by atoms with Gasteiger partial charge < -0.3 is 0 Å². The Hall–Kier alpha value is -1.61. The molecule has 0 amide bonds. The zero-order chi connectivity index (χ0) is 13.1. The molecule has 0 unspecified atom stereocenters. The minimum Gasteiger partial charge on any atom is -0.295 e. The second kappa shape index (κ2) is 8.53. The number of nitriles is 2. The summed E-state index contributed by atoms with van der Waals surface area (Å²) in [6, 6.07) is 3.01. The number of halogens is 3. The lowest BCUT2D eigenvalue weighted by atomic mass is 10.2. The highest BCUT2D eigenvalue weighted by atomic mass is 19.1. The summed E-state index contributed by atoms with van der Waals surface area (Å²) in [5.74, 6) is -2.32. The first-order chi connectivity index (χ1) is 8.17. The molecule has 0 aromatic heterocycles. The number of allylic oxidation sites excluding steroid dienone is 1. The van der Waals surface area contributed by atoms with Gasteiger partial charge in [-0.15, -0.1) is 0 Å². The smallest absolute Gasteiger partial charge is 0.293 e. The van der Waals surface area contributed by atoms with Crippen molar-refractivity contribution >= 4 is 0 Å². The number of ether oxygens (including phenoxy) is 3. The maximum atomic E-state index is 12.0. The number of alkyl halides is 3. The Morgan fingerprint density at radius 1 is 1.00 bits per heavy atom. The summed E-state index contributed by atoms with van der Waals surface area (Å²) in [6.45, 7) is -4.24. The normalized spacial score (nSPS) is 10.4. The molecule has 17 heavy (non-hydrogen) atoms. The second-order valence-corrected chi connectivity index (χ2v) is 2.49. The Labute approximate surface area is 95.6 Å². The fourth-order valence-corrected chi connectivity index (χ4v) is 0.894. The van der Waals surface area contributed by atoms with Crippen molar-refractivity contribution in [2.24, 2.45) is 0 Å². The molecule has 0 rings (SSSR count). The molecule has 0 spiro atoms.